The lowest BCUT2D eigenvalue weighted by Crippen LogP contribution is -2.31. The van der Waals surface area contributed by atoms with Crippen LogP contribution in [0, 0.1) is 0 Å². The third-order valence-electron chi connectivity index (χ3n) is 9.80. The zero-order valence-corrected chi connectivity index (χ0v) is 30.5. The zero-order chi connectivity index (χ0) is 35.7. The van der Waals surface area contributed by atoms with Crippen LogP contribution in [0.1, 0.15) is 81.9 Å². The summed E-state index contributed by atoms with van der Waals surface area (Å²) in [5, 5.41) is 6.96. The molecule has 2 amide bonds. The predicted molar refractivity (Wildman–Crippen MR) is 209 cm³/mol. The maximum atomic E-state index is 14.6. The van der Waals surface area contributed by atoms with Gasteiger partial charge in [0.25, 0.3) is 5.56 Å². The summed E-state index contributed by atoms with van der Waals surface area (Å²) in [5.41, 5.74) is 5.85. The topological polar surface area (TPSA) is 88.5 Å². The fourth-order valence-electron chi connectivity index (χ4n) is 7.15. The van der Waals surface area contributed by atoms with E-state index in [-0.39, 0.29) is 23.1 Å². The number of hydrogen-bond acceptors (Lipinski definition) is 5. The number of benzene rings is 3. The molecule has 1 aliphatic heterocycles. The number of nitrogens with zero attached hydrogens (tertiary/aromatic N) is 3. The average Bonchev–Trinajstić information content (AvgIpc) is 3.14. The monoisotopic (exact) mass is 685 g/mol. The first kappa shape index (κ1) is 35.9. The van der Waals surface area contributed by atoms with Crippen molar-refractivity contribution in [1.82, 2.24) is 14.5 Å². The third-order valence-corrected chi connectivity index (χ3v) is 9.80. The summed E-state index contributed by atoms with van der Waals surface area (Å²) in [5.74, 6) is 1.11. The van der Waals surface area contributed by atoms with Gasteiger partial charge in [0.15, 0.2) is 0 Å². The normalized spacial score (nSPS) is 13.5. The van der Waals surface area contributed by atoms with E-state index >= 15 is 0 Å². The number of anilines is 2. The molecule has 0 radical (unpaired) electrons. The Balaban J connectivity index is 1.38. The van der Waals surface area contributed by atoms with Gasteiger partial charge in [-0.05, 0) is 97.1 Å². The van der Waals surface area contributed by atoms with Crippen molar-refractivity contribution >= 4 is 28.4 Å². The van der Waals surface area contributed by atoms with Gasteiger partial charge in [0.05, 0.1) is 6.61 Å². The number of likely N-dealkylation sites (tertiary alicyclic amines) is 1. The van der Waals surface area contributed by atoms with E-state index in [9.17, 15) is 9.59 Å². The lowest BCUT2D eigenvalue weighted by molar-refractivity contribution is 0.205. The number of carbonyl (C=O) groups is 1. The number of piperidine rings is 1. The second-order valence-corrected chi connectivity index (χ2v) is 14.1. The van der Waals surface area contributed by atoms with Crippen molar-refractivity contribution < 1.29 is 9.53 Å². The minimum absolute atomic E-state index is 0.194. The van der Waals surface area contributed by atoms with Gasteiger partial charge in [-0.3, -0.25) is 9.36 Å². The number of nitrogens with one attached hydrogen (secondary N) is 2. The van der Waals surface area contributed by atoms with Crippen molar-refractivity contribution in [2.75, 3.05) is 36.9 Å². The average molecular weight is 686 g/mol. The maximum Gasteiger partial charge on any atom is 0.323 e. The highest BCUT2D eigenvalue weighted by Gasteiger charge is 2.23. The molecule has 51 heavy (non-hydrogen) atoms. The molecule has 1 aliphatic rings. The van der Waals surface area contributed by atoms with E-state index in [2.05, 4.69) is 55.4 Å². The number of rotatable bonds is 13. The van der Waals surface area contributed by atoms with E-state index in [1.165, 1.54) is 32.4 Å². The molecule has 8 heteroatoms. The maximum absolute atomic E-state index is 14.6. The van der Waals surface area contributed by atoms with Crippen LogP contribution in [-0.2, 0) is 13.0 Å². The van der Waals surface area contributed by atoms with Gasteiger partial charge >= 0.3 is 6.03 Å². The smallest absolute Gasteiger partial charge is 0.323 e. The molecule has 0 aliphatic carbocycles. The first-order valence-corrected chi connectivity index (χ1v) is 18.5. The number of aryl methyl sites for hydroxylation is 2. The molecule has 2 aromatic heterocycles. The molecule has 6 rings (SSSR count). The van der Waals surface area contributed by atoms with Gasteiger partial charge in [0.2, 0.25) is 0 Å². The van der Waals surface area contributed by atoms with E-state index in [1.807, 2.05) is 72.8 Å². The van der Waals surface area contributed by atoms with Gasteiger partial charge in [-0.25, -0.2) is 9.78 Å². The lowest BCUT2D eigenvalue weighted by atomic mass is 9.93. The standard InChI is InChI=1S/C43H51N5O3/c1-30(2)35-19-12-20-36(31(3)4)39(35)45-43(50)46-40-38(33-17-11-18-34(29-33)51-28-14-26-47-24-9-6-10-25-47)37-21-13-23-44-41(37)48(42(40)49)27-22-32-15-7-5-8-16-32/h5,7-8,11-13,15-21,23,29-31H,6,9-10,14,22,24-28H2,1-4H3,(H2,45,46,50). The SMILES string of the molecule is CC(C)c1cccc(C(C)C)c1NC(=O)Nc1c(-c2cccc(OCCCN3CCCCC3)c2)c2cccnc2n(CCc2ccccc2)c1=O. The Morgan fingerprint density at radius 3 is 2.24 bits per heavy atom. The number of ether oxygens (including phenoxy) is 1. The van der Waals surface area contributed by atoms with Crippen LogP contribution in [0.15, 0.2) is 95.9 Å². The van der Waals surface area contributed by atoms with Gasteiger partial charge in [-0.1, -0.05) is 94.8 Å². The number of amides is 2. The Morgan fingerprint density at radius 1 is 0.804 bits per heavy atom. The van der Waals surface area contributed by atoms with Crippen LogP contribution < -0.4 is 20.9 Å². The van der Waals surface area contributed by atoms with Crippen molar-refractivity contribution in [2.24, 2.45) is 0 Å². The first-order chi connectivity index (χ1) is 24.8. The van der Waals surface area contributed by atoms with Gasteiger partial charge in [0, 0.05) is 35.9 Å². The molecule has 3 aromatic carbocycles. The Kier molecular flexibility index (Phi) is 11.8. The van der Waals surface area contributed by atoms with E-state index in [4.69, 9.17) is 9.72 Å². The quantitative estimate of drug-likeness (QED) is 0.121. The van der Waals surface area contributed by atoms with E-state index in [1.54, 1.807) is 10.8 Å². The first-order valence-electron chi connectivity index (χ1n) is 18.5. The van der Waals surface area contributed by atoms with Crippen molar-refractivity contribution in [3.05, 3.63) is 118 Å². The van der Waals surface area contributed by atoms with Crippen LogP contribution >= 0.6 is 0 Å². The highest BCUT2D eigenvalue weighted by atomic mass is 16.5. The summed E-state index contributed by atoms with van der Waals surface area (Å²) in [7, 11) is 0. The number of aromatic nitrogens is 2. The Bertz CT molecular complexity index is 1970. The summed E-state index contributed by atoms with van der Waals surface area (Å²) in [6, 6.07) is 27.4. The Morgan fingerprint density at radius 2 is 1.51 bits per heavy atom. The Hall–Kier alpha value is -4.95. The summed E-state index contributed by atoms with van der Waals surface area (Å²) in [6.45, 7) is 12.8. The minimum atomic E-state index is -0.466. The second-order valence-electron chi connectivity index (χ2n) is 14.1. The molecule has 8 nitrogen and oxygen atoms in total. The molecule has 5 aromatic rings. The van der Waals surface area contributed by atoms with Crippen LogP contribution in [0.25, 0.3) is 22.2 Å². The fourth-order valence-corrected chi connectivity index (χ4v) is 7.15. The lowest BCUT2D eigenvalue weighted by Gasteiger charge is -2.26. The van der Waals surface area contributed by atoms with E-state index in [0.717, 1.165) is 52.0 Å². The van der Waals surface area contributed by atoms with Crippen molar-refractivity contribution in [3.63, 3.8) is 0 Å². The number of para-hydroxylation sites is 1. The molecule has 0 spiro atoms. The predicted octanol–water partition coefficient (Wildman–Crippen LogP) is 9.45. The number of pyridine rings is 2. The van der Waals surface area contributed by atoms with Crippen molar-refractivity contribution in [2.45, 2.75) is 78.2 Å². The van der Waals surface area contributed by atoms with Crippen LogP contribution in [-0.4, -0.2) is 46.7 Å². The highest BCUT2D eigenvalue weighted by Crippen LogP contribution is 2.36. The molecule has 0 atom stereocenters. The van der Waals surface area contributed by atoms with Crippen LogP contribution in [0.3, 0.4) is 0 Å². The molecular formula is C43H51N5O3. The number of urea groups is 1. The van der Waals surface area contributed by atoms with Crippen LogP contribution in [0.2, 0.25) is 0 Å². The molecule has 0 bridgehead atoms. The molecule has 2 N–H and O–H groups in total. The third kappa shape index (κ3) is 8.68. The van der Waals surface area contributed by atoms with Gasteiger partial charge in [-0.15, -0.1) is 0 Å². The van der Waals surface area contributed by atoms with Gasteiger partial charge in [0.1, 0.15) is 17.1 Å². The van der Waals surface area contributed by atoms with Gasteiger partial charge < -0.3 is 20.3 Å². The number of fused-ring (bicyclic) bond motifs is 1. The molecule has 0 unspecified atom stereocenters. The van der Waals surface area contributed by atoms with E-state index < -0.39 is 6.03 Å². The molecule has 1 saturated heterocycles. The molecule has 0 saturated carbocycles. The number of carbonyl (C=O) groups excluding carboxylic acids is 1. The summed E-state index contributed by atoms with van der Waals surface area (Å²) >= 11 is 0. The zero-order valence-electron chi connectivity index (χ0n) is 30.5. The van der Waals surface area contributed by atoms with Crippen molar-refractivity contribution in [3.8, 4) is 16.9 Å². The largest absolute Gasteiger partial charge is 0.494 e. The summed E-state index contributed by atoms with van der Waals surface area (Å²) in [6.07, 6.45) is 7.16. The van der Waals surface area contributed by atoms with Crippen molar-refractivity contribution in [1.29, 1.82) is 0 Å². The second kappa shape index (κ2) is 16.8. The summed E-state index contributed by atoms with van der Waals surface area (Å²) < 4.78 is 7.94. The number of hydrogen-bond donors (Lipinski definition) is 2. The highest BCUT2D eigenvalue weighted by molar-refractivity contribution is 6.07. The molecular weight excluding hydrogens is 635 g/mol. The van der Waals surface area contributed by atoms with Gasteiger partial charge in [-0.2, -0.15) is 0 Å². The summed E-state index contributed by atoms with van der Waals surface area (Å²) in [4.78, 5) is 35.9. The molecule has 266 valence electrons. The van der Waals surface area contributed by atoms with Crippen LogP contribution in [0.4, 0.5) is 16.2 Å². The minimum Gasteiger partial charge on any atom is -0.494 e. The Labute approximate surface area is 301 Å². The van der Waals surface area contributed by atoms with Crippen LogP contribution in [0.5, 0.6) is 5.75 Å². The molecule has 3 heterocycles. The fraction of sp³-hybridized carbons (Fsp3) is 0.372. The van der Waals surface area contributed by atoms with E-state index in [0.29, 0.717) is 30.8 Å². The molecule has 1 fully saturated rings.